The minimum Gasteiger partial charge on any atom is -0.430 e. The van der Waals surface area contributed by atoms with Gasteiger partial charge in [-0.1, -0.05) is 50.2 Å². The van der Waals surface area contributed by atoms with Crippen molar-refractivity contribution in [3.05, 3.63) is 60.7 Å². The quantitative estimate of drug-likeness (QED) is 0.728. The van der Waals surface area contributed by atoms with Crippen LogP contribution in [0.2, 0.25) is 0 Å². The number of hydrogen-bond acceptors (Lipinski definition) is 3. The summed E-state index contributed by atoms with van der Waals surface area (Å²) in [4.78, 5) is 16.5. The first-order valence-corrected chi connectivity index (χ1v) is 8.02. The van der Waals surface area contributed by atoms with Crippen LogP contribution in [0.3, 0.4) is 0 Å². The summed E-state index contributed by atoms with van der Waals surface area (Å²) >= 11 is 0. The summed E-state index contributed by atoms with van der Waals surface area (Å²) in [7, 11) is 0. The van der Waals surface area contributed by atoms with Gasteiger partial charge in [-0.25, -0.2) is 9.69 Å². The first kappa shape index (κ1) is 17.0. The minimum absolute atomic E-state index is 0.271. The molecule has 2 aromatic carbocycles. The molecule has 1 unspecified atom stereocenters. The summed E-state index contributed by atoms with van der Waals surface area (Å²) in [5.74, 6) is 0. The highest BCUT2D eigenvalue weighted by Crippen LogP contribution is 2.26. The Morgan fingerprint density at radius 1 is 0.913 bits per heavy atom. The summed E-state index contributed by atoms with van der Waals surface area (Å²) in [6.45, 7) is 7.68. The molecule has 1 atom stereocenters. The fourth-order valence-corrected chi connectivity index (χ4v) is 2.52. The van der Waals surface area contributed by atoms with Crippen LogP contribution < -0.4 is 4.90 Å². The molecule has 0 aliphatic heterocycles. The van der Waals surface area contributed by atoms with E-state index < -0.39 is 0 Å². The molecule has 2 rings (SSSR count). The second-order valence-electron chi connectivity index (χ2n) is 5.21. The Morgan fingerprint density at radius 3 is 1.74 bits per heavy atom. The highest BCUT2D eigenvalue weighted by molar-refractivity contribution is 5.95. The minimum atomic E-state index is -0.373. The van der Waals surface area contributed by atoms with Gasteiger partial charge in [-0.05, 0) is 44.3 Å². The smallest absolute Gasteiger partial charge is 0.420 e. The van der Waals surface area contributed by atoms with E-state index in [4.69, 9.17) is 4.74 Å². The van der Waals surface area contributed by atoms with Gasteiger partial charge >= 0.3 is 6.09 Å². The number of para-hydroxylation sites is 2. The maximum Gasteiger partial charge on any atom is 0.420 e. The van der Waals surface area contributed by atoms with Crippen LogP contribution in [0.5, 0.6) is 0 Å². The average Bonchev–Trinajstić information content (AvgIpc) is 2.58. The van der Waals surface area contributed by atoms with Gasteiger partial charge in [-0.3, -0.25) is 4.90 Å². The van der Waals surface area contributed by atoms with Crippen molar-refractivity contribution in [3.8, 4) is 0 Å². The van der Waals surface area contributed by atoms with Gasteiger partial charge in [-0.2, -0.15) is 0 Å². The molecule has 0 aliphatic rings. The third kappa shape index (κ3) is 4.33. The number of anilines is 2. The van der Waals surface area contributed by atoms with Gasteiger partial charge in [0, 0.05) is 0 Å². The Kier molecular flexibility index (Phi) is 6.18. The van der Waals surface area contributed by atoms with Gasteiger partial charge in [0.1, 0.15) is 0 Å². The van der Waals surface area contributed by atoms with Gasteiger partial charge in [-0.15, -0.1) is 0 Å². The zero-order chi connectivity index (χ0) is 16.7. The lowest BCUT2D eigenvalue weighted by Crippen LogP contribution is -2.39. The molecule has 0 saturated heterocycles. The van der Waals surface area contributed by atoms with Crippen LogP contribution in [-0.4, -0.2) is 30.3 Å². The Morgan fingerprint density at radius 2 is 1.35 bits per heavy atom. The van der Waals surface area contributed by atoms with E-state index in [1.807, 2.05) is 67.6 Å². The summed E-state index contributed by atoms with van der Waals surface area (Å²) in [6.07, 6.45) is -0.644. The van der Waals surface area contributed by atoms with Gasteiger partial charge in [0.05, 0.1) is 11.4 Å². The van der Waals surface area contributed by atoms with Crippen LogP contribution in [0.15, 0.2) is 60.7 Å². The standard InChI is InChI=1S/C19H24N2O2/c1-4-20(5-2)16(3)23-19(22)21(17-12-8-6-9-13-17)18-14-10-7-11-15-18/h6-16H,4-5H2,1-3H3. The Bertz CT molecular complexity index is 558. The van der Waals surface area contributed by atoms with Crippen LogP contribution >= 0.6 is 0 Å². The SMILES string of the molecule is CCN(CC)C(C)OC(=O)N(c1ccccc1)c1ccccc1. The van der Waals surface area contributed by atoms with E-state index in [-0.39, 0.29) is 12.3 Å². The van der Waals surface area contributed by atoms with Crippen molar-refractivity contribution >= 4 is 17.5 Å². The second-order valence-corrected chi connectivity index (χ2v) is 5.21. The molecule has 0 heterocycles. The molecule has 122 valence electrons. The van der Waals surface area contributed by atoms with Crippen molar-refractivity contribution in [2.24, 2.45) is 0 Å². The molecule has 0 fully saturated rings. The van der Waals surface area contributed by atoms with Gasteiger partial charge < -0.3 is 4.74 Å². The predicted molar refractivity (Wildman–Crippen MR) is 93.9 cm³/mol. The Balaban J connectivity index is 2.26. The molecule has 23 heavy (non-hydrogen) atoms. The van der Waals surface area contributed by atoms with Gasteiger partial charge in [0.2, 0.25) is 0 Å². The average molecular weight is 312 g/mol. The molecule has 0 radical (unpaired) electrons. The highest BCUT2D eigenvalue weighted by atomic mass is 16.6. The summed E-state index contributed by atoms with van der Waals surface area (Å²) < 4.78 is 5.68. The fraction of sp³-hybridized carbons (Fsp3) is 0.316. The normalized spacial score (nSPS) is 12.0. The third-order valence-electron chi connectivity index (χ3n) is 3.81. The van der Waals surface area contributed by atoms with E-state index in [0.717, 1.165) is 24.5 Å². The van der Waals surface area contributed by atoms with Crippen LogP contribution in [-0.2, 0) is 4.74 Å². The van der Waals surface area contributed by atoms with Crippen LogP contribution in [0, 0.1) is 0 Å². The third-order valence-corrected chi connectivity index (χ3v) is 3.81. The van der Waals surface area contributed by atoms with Crippen molar-refractivity contribution in [2.45, 2.75) is 27.0 Å². The fourth-order valence-electron chi connectivity index (χ4n) is 2.52. The van der Waals surface area contributed by atoms with E-state index in [9.17, 15) is 4.79 Å². The lowest BCUT2D eigenvalue weighted by Gasteiger charge is -2.29. The molecule has 1 amide bonds. The number of rotatable bonds is 6. The number of amides is 1. The Labute approximate surface area is 138 Å². The summed E-state index contributed by atoms with van der Waals surface area (Å²) in [5.41, 5.74) is 1.57. The topological polar surface area (TPSA) is 32.8 Å². The number of carbonyl (C=O) groups is 1. The molecule has 2 aromatic rings. The number of hydrogen-bond donors (Lipinski definition) is 0. The molecular formula is C19H24N2O2. The number of benzene rings is 2. The molecular weight excluding hydrogens is 288 g/mol. The predicted octanol–water partition coefficient (Wildman–Crippen LogP) is 4.65. The molecule has 4 nitrogen and oxygen atoms in total. The molecule has 0 spiro atoms. The van der Waals surface area contributed by atoms with Crippen molar-refractivity contribution < 1.29 is 9.53 Å². The maximum absolute atomic E-state index is 12.8. The zero-order valence-electron chi connectivity index (χ0n) is 14.0. The van der Waals surface area contributed by atoms with E-state index in [1.165, 1.54) is 0 Å². The van der Waals surface area contributed by atoms with E-state index >= 15 is 0 Å². The highest BCUT2D eigenvalue weighted by Gasteiger charge is 2.23. The molecule has 0 bridgehead atoms. The van der Waals surface area contributed by atoms with Gasteiger partial charge in [0.25, 0.3) is 0 Å². The maximum atomic E-state index is 12.8. The van der Waals surface area contributed by atoms with E-state index in [2.05, 4.69) is 18.7 Å². The monoisotopic (exact) mass is 312 g/mol. The molecule has 0 aliphatic carbocycles. The number of carbonyl (C=O) groups excluding carboxylic acids is 1. The van der Waals surface area contributed by atoms with E-state index in [1.54, 1.807) is 4.90 Å². The van der Waals surface area contributed by atoms with Crippen molar-refractivity contribution in [3.63, 3.8) is 0 Å². The molecule has 0 N–H and O–H groups in total. The van der Waals surface area contributed by atoms with E-state index in [0.29, 0.717) is 0 Å². The number of nitrogens with zero attached hydrogens (tertiary/aromatic N) is 2. The van der Waals surface area contributed by atoms with Crippen molar-refractivity contribution in [1.82, 2.24) is 4.90 Å². The zero-order valence-corrected chi connectivity index (χ0v) is 14.0. The van der Waals surface area contributed by atoms with Gasteiger partial charge in [0.15, 0.2) is 6.23 Å². The second kappa shape index (κ2) is 8.34. The Hall–Kier alpha value is -2.33. The molecule has 0 saturated carbocycles. The first-order chi connectivity index (χ1) is 11.2. The van der Waals surface area contributed by atoms with Crippen molar-refractivity contribution in [1.29, 1.82) is 0 Å². The molecule has 0 aromatic heterocycles. The van der Waals surface area contributed by atoms with Crippen molar-refractivity contribution in [2.75, 3.05) is 18.0 Å². The lowest BCUT2D eigenvalue weighted by molar-refractivity contribution is 0.00913. The van der Waals surface area contributed by atoms with Crippen LogP contribution in [0.4, 0.5) is 16.2 Å². The largest absolute Gasteiger partial charge is 0.430 e. The molecule has 4 heteroatoms. The lowest BCUT2D eigenvalue weighted by atomic mass is 10.2. The number of ether oxygens (including phenoxy) is 1. The summed E-state index contributed by atoms with van der Waals surface area (Å²) in [5, 5.41) is 0. The van der Waals surface area contributed by atoms with Crippen LogP contribution in [0.1, 0.15) is 20.8 Å². The summed E-state index contributed by atoms with van der Waals surface area (Å²) in [6, 6.07) is 19.1. The first-order valence-electron chi connectivity index (χ1n) is 8.02. The van der Waals surface area contributed by atoms with Crippen LogP contribution in [0.25, 0.3) is 0 Å².